The van der Waals surface area contributed by atoms with E-state index < -0.39 is 17.9 Å². The number of hydrogen-bond donors (Lipinski definition) is 0. The van der Waals surface area contributed by atoms with Crippen LogP contribution in [0.2, 0.25) is 0 Å². The van der Waals surface area contributed by atoms with Gasteiger partial charge >= 0.3 is 12.1 Å². The minimum Gasteiger partial charge on any atom is -0.313 e. The molecule has 0 bridgehead atoms. The first kappa shape index (κ1) is 14.0. The van der Waals surface area contributed by atoms with Crippen LogP contribution < -0.4 is 0 Å². The minimum absolute atomic E-state index is 0.0339. The molecule has 96 valence electrons. The second kappa shape index (κ2) is 5.48. The van der Waals surface area contributed by atoms with E-state index >= 15 is 0 Å². The molecule has 0 aliphatic heterocycles. The summed E-state index contributed by atoms with van der Waals surface area (Å²) in [4.78, 5) is 15.2. The van der Waals surface area contributed by atoms with Gasteiger partial charge in [0, 0.05) is 11.1 Å². The van der Waals surface area contributed by atoms with Gasteiger partial charge in [0.15, 0.2) is 5.71 Å². The van der Waals surface area contributed by atoms with E-state index in [1.54, 1.807) is 6.07 Å². The van der Waals surface area contributed by atoms with E-state index in [2.05, 4.69) is 16.6 Å². The molecular weight excluding hydrogens is 247 g/mol. The quantitative estimate of drug-likeness (QED) is 0.361. The van der Waals surface area contributed by atoms with E-state index in [-0.39, 0.29) is 11.1 Å². The zero-order valence-corrected chi connectivity index (χ0v) is 9.49. The maximum Gasteiger partial charge on any atom is 0.437 e. The second-order valence-electron chi connectivity index (χ2n) is 3.46. The molecule has 0 saturated carbocycles. The molecule has 0 spiro atoms. The lowest BCUT2D eigenvalue weighted by molar-refractivity contribution is -0.139. The molecule has 3 nitrogen and oxygen atoms in total. The van der Waals surface area contributed by atoms with Crippen LogP contribution in [0.4, 0.5) is 13.2 Å². The summed E-state index contributed by atoms with van der Waals surface area (Å²) in [5, 5.41) is 2.87. The molecule has 18 heavy (non-hydrogen) atoms. The molecule has 0 saturated heterocycles. The van der Waals surface area contributed by atoms with Gasteiger partial charge in [0.25, 0.3) is 0 Å². The number of hydrogen-bond acceptors (Lipinski definition) is 3. The Bertz CT molecular complexity index is 478. The second-order valence-corrected chi connectivity index (χ2v) is 3.46. The summed E-state index contributed by atoms with van der Waals surface area (Å²) in [6, 6.07) is 6.87. The third kappa shape index (κ3) is 3.73. The molecule has 1 rings (SSSR count). The van der Waals surface area contributed by atoms with E-state index in [9.17, 15) is 18.0 Å². The Labute approximate surface area is 102 Å². The monoisotopic (exact) mass is 257 g/mol. The molecule has 0 amide bonds. The Hall–Kier alpha value is -2.11. The van der Waals surface area contributed by atoms with Crippen molar-refractivity contribution in [3.8, 4) is 0 Å². The van der Waals surface area contributed by atoms with Crippen LogP contribution in [0.5, 0.6) is 0 Å². The fraction of sp³-hybridized carbons (Fsp3) is 0.167. The molecule has 0 unspecified atom stereocenters. The van der Waals surface area contributed by atoms with Gasteiger partial charge in [0.1, 0.15) is 0 Å². The van der Waals surface area contributed by atoms with Crippen molar-refractivity contribution < 1.29 is 22.8 Å². The zero-order valence-electron chi connectivity index (χ0n) is 9.49. The smallest absolute Gasteiger partial charge is 0.313 e. The first-order valence-corrected chi connectivity index (χ1v) is 4.90. The van der Waals surface area contributed by atoms with Crippen molar-refractivity contribution in [2.45, 2.75) is 13.1 Å². The van der Waals surface area contributed by atoms with Crippen molar-refractivity contribution in [1.29, 1.82) is 0 Å². The summed E-state index contributed by atoms with van der Waals surface area (Å²) in [6.45, 7) is 4.56. The van der Waals surface area contributed by atoms with E-state index in [0.29, 0.717) is 0 Å². The first-order valence-electron chi connectivity index (χ1n) is 4.90. The van der Waals surface area contributed by atoms with Crippen molar-refractivity contribution in [3.63, 3.8) is 0 Å². The van der Waals surface area contributed by atoms with Gasteiger partial charge in [-0.25, -0.2) is 4.79 Å². The average molecular weight is 257 g/mol. The van der Waals surface area contributed by atoms with E-state index in [4.69, 9.17) is 0 Å². The molecule has 0 radical (unpaired) electrons. The van der Waals surface area contributed by atoms with Gasteiger partial charge in [0.2, 0.25) is 0 Å². The van der Waals surface area contributed by atoms with E-state index in [0.717, 1.165) is 0 Å². The van der Waals surface area contributed by atoms with Gasteiger partial charge in [0.05, 0.1) is 0 Å². The number of rotatable bonds is 3. The normalized spacial score (nSPS) is 12.1. The third-order valence-corrected chi connectivity index (χ3v) is 1.88. The molecule has 6 heteroatoms. The van der Waals surface area contributed by atoms with Crippen LogP contribution in [0.15, 0.2) is 47.6 Å². The average Bonchev–Trinajstić information content (AvgIpc) is 2.28. The summed E-state index contributed by atoms with van der Waals surface area (Å²) in [7, 11) is 0. The molecule has 1 aromatic carbocycles. The molecular formula is C12H10F3NO2. The molecule has 0 heterocycles. The number of nitrogens with zero attached hydrogens (tertiary/aromatic N) is 1. The van der Waals surface area contributed by atoms with E-state index in [1.807, 2.05) is 0 Å². The Balaban J connectivity index is 3.05. The Morgan fingerprint density at radius 2 is 1.83 bits per heavy atom. The highest BCUT2D eigenvalue weighted by Gasteiger charge is 2.38. The number of carbonyl (C=O) groups is 1. The number of halogens is 3. The highest BCUT2D eigenvalue weighted by molar-refractivity contribution is 6.04. The zero-order chi connectivity index (χ0) is 13.8. The number of oxime groups is 1. The molecule has 0 aliphatic rings. The van der Waals surface area contributed by atoms with Crippen LogP contribution in [-0.2, 0) is 9.63 Å². The first-order chi connectivity index (χ1) is 8.32. The van der Waals surface area contributed by atoms with Gasteiger partial charge in [-0.3, -0.25) is 0 Å². The Morgan fingerprint density at radius 3 is 2.28 bits per heavy atom. The third-order valence-electron chi connectivity index (χ3n) is 1.88. The maximum absolute atomic E-state index is 12.7. The fourth-order valence-electron chi connectivity index (χ4n) is 1.03. The largest absolute Gasteiger partial charge is 0.437 e. The van der Waals surface area contributed by atoms with Crippen LogP contribution in [0, 0.1) is 0 Å². The molecule has 0 aliphatic carbocycles. The molecule has 0 fully saturated rings. The molecule has 0 N–H and O–H groups in total. The SMILES string of the molecule is C=C(C)C(=O)O/N=C(/c1ccccc1)C(F)(F)F. The fourth-order valence-corrected chi connectivity index (χ4v) is 1.03. The summed E-state index contributed by atoms with van der Waals surface area (Å²) < 4.78 is 38.1. The van der Waals surface area contributed by atoms with E-state index in [1.165, 1.54) is 31.2 Å². The van der Waals surface area contributed by atoms with Crippen LogP contribution in [-0.4, -0.2) is 17.9 Å². The minimum atomic E-state index is -4.71. The maximum atomic E-state index is 12.7. The molecule has 0 atom stereocenters. The van der Waals surface area contributed by atoms with Crippen molar-refractivity contribution in [2.75, 3.05) is 0 Å². The summed E-state index contributed by atoms with van der Waals surface area (Å²) in [5.41, 5.74) is -1.48. The van der Waals surface area contributed by atoms with Crippen molar-refractivity contribution >= 4 is 11.7 Å². The highest BCUT2D eigenvalue weighted by atomic mass is 19.4. The van der Waals surface area contributed by atoms with Gasteiger partial charge in [-0.15, -0.1) is 0 Å². The van der Waals surface area contributed by atoms with Crippen molar-refractivity contribution in [2.24, 2.45) is 5.16 Å². The number of alkyl halides is 3. The van der Waals surface area contributed by atoms with Crippen LogP contribution >= 0.6 is 0 Å². The standard InChI is InChI=1S/C12H10F3NO2/c1-8(2)11(17)18-16-10(12(13,14)15)9-6-4-3-5-7-9/h3-7H,1H2,2H3/b16-10-. The van der Waals surface area contributed by atoms with Gasteiger partial charge in [-0.05, 0) is 6.92 Å². The lowest BCUT2D eigenvalue weighted by Crippen LogP contribution is -2.25. The van der Waals surface area contributed by atoms with Crippen LogP contribution in [0.1, 0.15) is 12.5 Å². The predicted molar refractivity (Wildman–Crippen MR) is 59.9 cm³/mol. The summed E-state index contributed by atoms with van der Waals surface area (Å²) in [6.07, 6.45) is -4.71. The predicted octanol–water partition coefficient (Wildman–Crippen LogP) is 3.07. The van der Waals surface area contributed by atoms with Crippen LogP contribution in [0.3, 0.4) is 0 Å². The highest BCUT2D eigenvalue weighted by Crippen LogP contribution is 2.22. The molecule has 0 aromatic heterocycles. The van der Waals surface area contributed by atoms with Crippen molar-refractivity contribution in [3.05, 3.63) is 48.0 Å². The molecule has 1 aromatic rings. The lowest BCUT2D eigenvalue weighted by atomic mass is 10.1. The topological polar surface area (TPSA) is 38.7 Å². The van der Waals surface area contributed by atoms with Crippen LogP contribution in [0.25, 0.3) is 0 Å². The summed E-state index contributed by atoms with van der Waals surface area (Å²) in [5.74, 6) is -1.01. The Kier molecular flexibility index (Phi) is 4.25. The summed E-state index contributed by atoms with van der Waals surface area (Å²) >= 11 is 0. The Morgan fingerprint density at radius 1 is 1.28 bits per heavy atom. The van der Waals surface area contributed by atoms with Gasteiger partial charge in [-0.2, -0.15) is 13.2 Å². The lowest BCUT2D eigenvalue weighted by Gasteiger charge is -2.09. The van der Waals surface area contributed by atoms with Gasteiger partial charge in [-0.1, -0.05) is 42.1 Å². The van der Waals surface area contributed by atoms with Gasteiger partial charge < -0.3 is 4.84 Å². The number of carbonyl (C=O) groups excluding carboxylic acids is 1. The number of benzene rings is 1. The van der Waals surface area contributed by atoms with Crippen molar-refractivity contribution in [1.82, 2.24) is 0 Å².